The first kappa shape index (κ1) is 24.5. The summed E-state index contributed by atoms with van der Waals surface area (Å²) in [6.45, 7) is 4.38. The fourth-order valence-corrected chi connectivity index (χ4v) is 4.77. The minimum absolute atomic E-state index is 0.00697. The van der Waals surface area contributed by atoms with E-state index in [1.807, 2.05) is 50.2 Å². The van der Waals surface area contributed by atoms with Gasteiger partial charge in [0.05, 0.1) is 12.5 Å². The molecule has 0 bridgehead atoms. The summed E-state index contributed by atoms with van der Waals surface area (Å²) in [6.07, 6.45) is 0.846. The van der Waals surface area contributed by atoms with Crippen LogP contribution in [0.3, 0.4) is 0 Å². The van der Waals surface area contributed by atoms with Crippen LogP contribution >= 0.6 is 15.9 Å². The zero-order chi connectivity index (χ0) is 26.1. The van der Waals surface area contributed by atoms with Crippen LogP contribution in [0.25, 0.3) is 11.0 Å². The minimum Gasteiger partial charge on any atom is -0.493 e. The lowest BCUT2D eigenvalue weighted by atomic mass is 9.83. The minimum atomic E-state index is -0.628. The van der Waals surface area contributed by atoms with Gasteiger partial charge in [0.25, 0.3) is 0 Å². The second-order valence-corrected chi connectivity index (χ2v) is 9.51. The van der Waals surface area contributed by atoms with E-state index in [2.05, 4.69) is 22.0 Å². The molecule has 1 unspecified atom stereocenters. The molecule has 7 nitrogen and oxygen atoms in total. The summed E-state index contributed by atoms with van der Waals surface area (Å²) in [6, 6.07) is 20.3. The number of fused-ring (bicyclic) bond motifs is 2. The summed E-state index contributed by atoms with van der Waals surface area (Å²) in [4.78, 5) is 13.0. The van der Waals surface area contributed by atoms with E-state index in [-0.39, 0.29) is 23.0 Å². The van der Waals surface area contributed by atoms with E-state index in [0.29, 0.717) is 34.8 Å². The predicted molar refractivity (Wildman–Crippen MR) is 142 cm³/mol. The number of halogens is 1. The molecule has 1 aromatic heterocycles. The van der Waals surface area contributed by atoms with Crippen LogP contribution in [-0.2, 0) is 0 Å². The third-order valence-electron chi connectivity index (χ3n) is 6.18. The van der Waals surface area contributed by atoms with Crippen LogP contribution in [-0.4, -0.2) is 12.6 Å². The molecule has 1 atom stereocenters. The number of carbonyl (C=O) groups excluding carboxylic acids is 1. The highest BCUT2D eigenvalue weighted by Crippen LogP contribution is 2.46. The van der Waals surface area contributed by atoms with Crippen LogP contribution in [0.1, 0.15) is 46.5 Å². The Hall–Kier alpha value is -4.22. The Labute approximate surface area is 222 Å². The molecular weight excluding hydrogens is 536 g/mol. The molecular formula is C29H23BrN2O5. The van der Waals surface area contributed by atoms with Gasteiger partial charge in [0.2, 0.25) is 11.6 Å². The lowest BCUT2D eigenvalue weighted by Crippen LogP contribution is -2.21. The number of allylic oxidation sites excluding steroid dienone is 1. The van der Waals surface area contributed by atoms with Gasteiger partial charge in [-0.2, -0.15) is 5.26 Å². The van der Waals surface area contributed by atoms with E-state index in [1.54, 1.807) is 24.3 Å². The number of rotatable bonds is 6. The second kappa shape index (κ2) is 10.0. The average Bonchev–Trinajstić information content (AvgIpc) is 3.22. The molecule has 2 heterocycles. The molecule has 0 saturated carbocycles. The fourth-order valence-electron chi connectivity index (χ4n) is 4.43. The van der Waals surface area contributed by atoms with Crippen molar-refractivity contribution < 1.29 is 23.4 Å². The number of para-hydroxylation sites is 1. The molecule has 8 heteroatoms. The van der Waals surface area contributed by atoms with E-state index >= 15 is 0 Å². The van der Waals surface area contributed by atoms with Crippen molar-refractivity contribution in [1.82, 2.24) is 0 Å². The number of benzene rings is 3. The number of esters is 1. The van der Waals surface area contributed by atoms with Crippen LogP contribution in [0.4, 0.5) is 0 Å². The molecule has 3 aromatic carbocycles. The highest BCUT2D eigenvalue weighted by atomic mass is 79.9. The number of aryl methyl sites for hydroxylation is 1. The molecule has 0 aliphatic carbocycles. The van der Waals surface area contributed by atoms with Gasteiger partial charge in [0.1, 0.15) is 34.5 Å². The fraction of sp³-hybridized carbons (Fsp3) is 0.172. The van der Waals surface area contributed by atoms with Crippen LogP contribution in [0.5, 0.6) is 17.2 Å². The summed E-state index contributed by atoms with van der Waals surface area (Å²) in [5.41, 5.74) is 9.24. The van der Waals surface area contributed by atoms with Gasteiger partial charge in [0.15, 0.2) is 0 Å². The van der Waals surface area contributed by atoms with Crippen LogP contribution < -0.4 is 19.9 Å². The van der Waals surface area contributed by atoms with Crippen molar-refractivity contribution in [3.05, 3.63) is 99.0 Å². The normalized spacial score (nSPS) is 14.6. The lowest BCUT2D eigenvalue weighted by Gasteiger charge is -2.28. The van der Waals surface area contributed by atoms with E-state index in [4.69, 9.17) is 24.4 Å². The molecule has 2 N–H and O–H groups in total. The van der Waals surface area contributed by atoms with Gasteiger partial charge in [-0.3, -0.25) is 0 Å². The van der Waals surface area contributed by atoms with Crippen molar-refractivity contribution in [1.29, 1.82) is 5.26 Å². The maximum atomic E-state index is 13.0. The molecule has 0 amide bonds. The topological polar surface area (TPSA) is 108 Å². The highest BCUT2D eigenvalue weighted by Gasteiger charge is 2.33. The first-order valence-electron chi connectivity index (χ1n) is 11.7. The number of nitrogens with zero attached hydrogens (tertiary/aromatic N) is 1. The van der Waals surface area contributed by atoms with Gasteiger partial charge >= 0.3 is 5.97 Å². The molecule has 186 valence electrons. The number of furan rings is 1. The summed E-state index contributed by atoms with van der Waals surface area (Å²) in [7, 11) is 0. The van der Waals surface area contributed by atoms with Crippen molar-refractivity contribution in [2.45, 2.75) is 26.2 Å². The molecule has 0 spiro atoms. The quantitative estimate of drug-likeness (QED) is 0.206. The van der Waals surface area contributed by atoms with Crippen molar-refractivity contribution in [3.8, 4) is 23.3 Å². The Bertz CT molecular complexity index is 1600. The van der Waals surface area contributed by atoms with E-state index in [0.717, 1.165) is 21.8 Å². The largest absolute Gasteiger partial charge is 0.493 e. The zero-order valence-corrected chi connectivity index (χ0v) is 21.8. The number of ether oxygens (including phenoxy) is 3. The molecule has 37 heavy (non-hydrogen) atoms. The van der Waals surface area contributed by atoms with Crippen LogP contribution in [0.2, 0.25) is 0 Å². The Morgan fingerprint density at radius 3 is 2.73 bits per heavy atom. The Kier molecular flexibility index (Phi) is 6.64. The van der Waals surface area contributed by atoms with Gasteiger partial charge < -0.3 is 24.4 Å². The summed E-state index contributed by atoms with van der Waals surface area (Å²) in [5, 5.41) is 10.7. The summed E-state index contributed by atoms with van der Waals surface area (Å²) in [5.74, 6) is 0.310. The molecule has 0 fully saturated rings. The van der Waals surface area contributed by atoms with Gasteiger partial charge in [-0.1, -0.05) is 47.1 Å². The third kappa shape index (κ3) is 4.54. The van der Waals surface area contributed by atoms with Crippen molar-refractivity contribution in [3.63, 3.8) is 0 Å². The Morgan fingerprint density at radius 1 is 1.14 bits per heavy atom. The van der Waals surface area contributed by atoms with Crippen molar-refractivity contribution >= 4 is 32.9 Å². The molecule has 0 saturated heterocycles. The van der Waals surface area contributed by atoms with Gasteiger partial charge in [-0.15, -0.1) is 0 Å². The van der Waals surface area contributed by atoms with Gasteiger partial charge in [0, 0.05) is 32.6 Å². The predicted octanol–water partition coefficient (Wildman–Crippen LogP) is 6.73. The van der Waals surface area contributed by atoms with Crippen LogP contribution in [0.15, 0.2) is 81.0 Å². The van der Waals surface area contributed by atoms with Gasteiger partial charge in [-0.25, -0.2) is 4.79 Å². The Morgan fingerprint density at radius 2 is 1.95 bits per heavy atom. The first-order chi connectivity index (χ1) is 17.9. The number of nitriles is 1. The zero-order valence-electron chi connectivity index (χ0n) is 20.2. The third-order valence-corrected chi connectivity index (χ3v) is 6.67. The Balaban J connectivity index is 1.50. The molecule has 1 aliphatic heterocycles. The molecule has 1 aliphatic rings. The number of carbonyl (C=O) groups is 1. The standard InChI is InChI=1S/C29H23BrN2O5/c1-3-12-34-23-7-5-4-6-20(23)26-21-11-9-18(14-25(21)37-28(32)22(26)15-31)35-29(33)27-16(2)19-10-8-17(30)13-24(19)36-27/h4-11,13-14,26H,3,12,32H2,1-2H3. The highest BCUT2D eigenvalue weighted by molar-refractivity contribution is 9.10. The molecule has 5 rings (SSSR count). The maximum absolute atomic E-state index is 13.0. The lowest BCUT2D eigenvalue weighted by molar-refractivity contribution is 0.0702. The molecule has 4 aromatic rings. The first-order valence-corrected chi connectivity index (χ1v) is 12.5. The smallest absolute Gasteiger partial charge is 0.379 e. The maximum Gasteiger partial charge on any atom is 0.379 e. The summed E-state index contributed by atoms with van der Waals surface area (Å²) >= 11 is 3.41. The average molecular weight is 559 g/mol. The second-order valence-electron chi connectivity index (χ2n) is 8.60. The van der Waals surface area contributed by atoms with Crippen molar-refractivity contribution in [2.24, 2.45) is 5.73 Å². The van der Waals surface area contributed by atoms with E-state index in [9.17, 15) is 10.1 Å². The van der Waals surface area contributed by atoms with E-state index in [1.165, 1.54) is 0 Å². The summed E-state index contributed by atoms with van der Waals surface area (Å²) < 4.78 is 24.0. The number of nitrogens with two attached hydrogens (primary N) is 1. The number of hydrogen-bond acceptors (Lipinski definition) is 7. The number of hydrogen-bond donors (Lipinski definition) is 1. The monoisotopic (exact) mass is 558 g/mol. The van der Waals surface area contributed by atoms with E-state index < -0.39 is 11.9 Å². The van der Waals surface area contributed by atoms with Crippen LogP contribution in [0, 0.1) is 18.3 Å². The van der Waals surface area contributed by atoms with Gasteiger partial charge in [-0.05, 0) is 43.7 Å². The van der Waals surface area contributed by atoms with Crippen molar-refractivity contribution in [2.75, 3.05) is 6.61 Å². The SMILES string of the molecule is CCCOc1ccccc1C1C(C#N)=C(N)Oc2cc(OC(=O)c3oc4cc(Br)ccc4c3C)ccc21. The molecule has 0 radical (unpaired) electrons.